The molecule has 1 N–H and O–H groups in total. The molecule has 16 heavy (non-hydrogen) atoms. The molecule has 0 rings (SSSR count). The number of rotatable bonds is 8. The van der Waals surface area contributed by atoms with E-state index in [1.54, 1.807) is 6.92 Å². The van der Waals surface area contributed by atoms with Gasteiger partial charge in [0.2, 0.25) is 0 Å². The average Bonchev–Trinajstić information content (AvgIpc) is 2.15. The van der Waals surface area contributed by atoms with E-state index in [4.69, 9.17) is 0 Å². The first-order chi connectivity index (χ1) is 6.93. The van der Waals surface area contributed by atoms with E-state index in [2.05, 4.69) is 6.92 Å². The molecule has 0 aromatic rings. The van der Waals surface area contributed by atoms with E-state index in [0.717, 1.165) is 19.3 Å². The summed E-state index contributed by atoms with van der Waals surface area (Å²) in [6.07, 6.45) is 3.27. The van der Waals surface area contributed by atoms with Crippen molar-refractivity contribution < 1.29 is 47.6 Å². The molecular formula is C10H21NaO4S. The molecule has 0 saturated heterocycles. The molecule has 0 radical (unpaired) electrons. The van der Waals surface area contributed by atoms with Crippen molar-refractivity contribution in [2.45, 2.75) is 63.7 Å². The molecule has 0 aliphatic heterocycles. The Hall–Kier alpha value is 0.870. The van der Waals surface area contributed by atoms with E-state index in [9.17, 15) is 18.1 Å². The van der Waals surface area contributed by atoms with Gasteiger partial charge in [0.05, 0.1) is 11.4 Å². The van der Waals surface area contributed by atoms with E-state index in [1.165, 1.54) is 0 Å². The van der Waals surface area contributed by atoms with Crippen LogP contribution in [0.15, 0.2) is 0 Å². The Morgan fingerprint density at radius 2 is 1.75 bits per heavy atom. The predicted octanol–water partition coefficient (Wildman–Crippen LogP) is -1.35. The fraction of sp³-hybridized carbons (Fsp3) is 1.00. The third-order valence-corrected chi connectivity index (χ3v) is 3.85. The van der Waals surface area contributed by atoms with Crippen LogP contribution in [0.3, 0.4) is 0 Å². The number of aliphatic hydroxyl groups is 1. The van der Waals surface area contributed by atoms with Crippen LogP contribution < -0.4 is 29.6 Å². The molecule has 0 fully saturated rings. The summed E-state index contributed by atoms with van der Waals surface area (Å²) < 4.78 is 32.6. The van der Waals surface area contributed by atoms with Gasteiger partial charge < -0.3 is 9.66 Å². The second-order valence-electron chi connectivity index (χ2n) is 3.86. The summed E-state index contributed by atoms with van der Waals surface area (Å²) in [5.41, 5.74) is 0. The fourth-order valence-corrected chi connectivity index (χ4v) is 2.60. The summed E-state index contributed by atoms with van der Waals surface area (Å²) in [5.74, 6) is 0. The largest absolute Gasteiger partial charge is 1.00 e. The topological polar surface area (TPSA) is 77.4 Å². The molecule has 92 valence electrons. The van der Waals surface area contributed by atoms with Crippen molar-refractivity contribution in [1.82, 2.24) is 0 Å². The Morgan fingerprint density at radius 3 is 2.12 bits per heavy atom. The summed E-state index contributed by atoms with van der Waals surface area (Å²) >= 11 is 0. The van der Waals surface area contributed by atoms with E-state index in [0.29, 0.717) is 12.8 Å². The minimum absolute atomic E-state index is 0. The first kappa shape index (κ1) is 19.2. The molecule has 0 aliphatic carbocycles. The second kappa shape index (κ2) is 9.85. The van der Waals surface area contributed by atoms with Crippen molar-refractivity contribution >= 4 is 10.1 Å². The number of aliphatic hydroxyl groups excluding tert-OH is 1. The van der Waals surface area contributed by atoms with Crippen LogP contribution in [0.25, 0.3) is 0 Å². The minimum atomic E-state index is -4.36. The predicted molar refractivity (Wildman–Crippen MR) is 58.5 cm³/mol. The molecule has 0 aromatic carbocycles. The third-order valence-electron chi connectivity index (χ3n) is 2.56. The van der Waals surface area contributed by atoms with Crippen LogP contribution in [0.5, 0.6) is 0 Å². The molecule has 0 spiro atoms. The van der Waals surface area contributed by atoms with E-state index in [1.807, 2.05) is 0 Å². The van der Waals surface area contributed by atoms with Gasteiger partial charge in [-0.2, -0.15) is 0 Å². The SMILES string of the molecule is CCCCCCC(C(O)CC)S(=O)(=O)[O-].[Na+]. The van der Waals surface area contributed by atoms with Gasteiger partial charge in [0.15, 0.2) is 0 Å². The van der Waals surface area contributed by atoms with Gasteiger partial charge in [-0.1, -0.05) is 39.5 Å². The molecule has 0 heterocycles. The Balaban J connectivity index is 0. The van der Waals surface area contributed by atoms with Gasteiger partial charge >= 0.3 is 29.6 Å². The van der Waals surface area contributed by atoms with Crippen LogP contribution in [0.1, 0.15) is 52.4 Å². The molecule has 0 aliphatic rings. The van der Waals surface area contributed by atoms with Crippen LogP contribution in [0.4, 0.5) is 0 Å². The Bertz CT molecular complexity index is 254. The Morgan fingerprint density at radius 1 is 1.19 bits per heavy atom. The van der Waals surface area contributed by atoms with Crippen LogP contribution in [-0.4, -0.2) is 29.4 Å². The van der Waals surface area contributed by atoms with Crippen LogP contribution >= 0.6 is 0 Å². The zero-order valence-corrected chi connectivity index (χ0v) is 13.3. The average molecular weight is 260 g/mol. The summed E-state index contributed by atoms with van der Waals surface area (Å²) in [7, 11) is -4.36. The molecule has 0 amide bonds. The van der Waals surface area contributed by atoms with Crippen LogP contribution in [0, 0.1) is 0 Å². The smallest absolute Gasteiger partial charge is 0.748 e. The summed E-state index contributed by atoms with van der Waals surface area (Å²) in [6, 6.07) is 0. The fourth-order valence-electron chi connectivity index (χ4n) is 1.56. The monoisotopic (exact) mass is 260 g/mol. The summed E-state index contributed by atoms with van der Waals surface area (Å²) in [5, 5.41) is 8.31. The first-order valence-corrected chi connectivity index (χ1v) is 7.03. The number of hydrogen-bond donors (Lipinski definition) is 1. The minimum Gasteiger partial charge on any atom is -0.748 e. The van der Waals surface area contributed by atoms with Gasteiger partial charge in [-0.3, -0.25) is 0 Å². The molecule has 0 bridgehead atoms. The zero-order chi connectivity index (χ0) is 11.9. The van der Waals surface area contributed by atoms with Crippen molar-refractivity contribution in [1.29, 1.82) is 0 Å². The molecule has 0 aromatic heterocycles. The normalized spacial score (nSPS) is 15.2. The van der Waals surface area contributed by atoms with E-state index < -0.39 is 21.5 Å². The molecular weight excluding hydrogens is 239 g/mol. The molecule has 6 heteroatoms. The molecule has 4 nitrogen and oxygen atoms in total. The van der Waals surface area contributed by atoms with Gasteiger partial charge in [0, 0.05) is 0 Å². The van der Waals surface area contributed by atoms with Gasteiger partial charge in [-0.05, 0) is 12.8 Å². The molecule has 2 unspecified atom stereocenters. The van der Waals surface area contributed by atoms with Crippen LogP contribution in [0.2, 0.25) is 0 Å². The standard InChI is InChI=1S/C10H22O4S.Na/c1-3-5-6-7-8-10(9(11)4-2)15(12,13)14;/h9-11H,3-8H2,1-2H3,(H,12,13,14);/q;+1/p-1. The number of unbranched alkanes of at least 4 members (excludes halogenated alkanes) is 3. The quantitative estimate of drug-likeness (QED) is 0.332. The first-order valence-electron chi connectivity index (χ1n) is 5.56. The van der Waals surface area contributed by atoms with Crippen molar-refractivity contribution in [2.75, 3.05) is 0 Å². The summed E-state index contributed by atoms with van der Waals surface area (Å²) in [6.45, 7) is 3.73. The maximum absolute atomic E-state index is 10.9. The van der Waals surface area contributed by atoms with Gasteiger partial charge in [0.1, 0.15) is 10.1 Å². The van der Waals surface area contributed by atoms with E-state index in [-0.39, 0.29) is 36.0 Å². The van der Waals surface area contributed by atoms with Crippen molar-refractivity contribution in [3.63, 3.8) is 0 Å². The van der Waals surface area contributed by atoms with Gasteiger partial charge in [0.25, 0.3) is 0 Å². The Kier molecular flexibility index (Phi) is 11.8. The third kappa shape index (κ3) is 8.03. The molecule has 0 saturated carbocycles. The van der Waals surface area contributed by atoms with Crippen molar-refractivity contribution in [3.8, 4) is 0 Å². The zero-order valence-electron chi connectivity index (χ0n) is 10.5. The molecule has 2 atom stereocenters. The maximum Gasteiger partial charge on any atom is 1.00 e. The second-order valence-corrected chi connectivity index (χ2v) is 5.45. The summed E-state index contributed by atoms with van der Waals surface area (Å²) in [4.78, 5) is 0. The van der Waals surface area contributed by atoms with Crippen molar-refractivity contribution in [3.05, 3.63) is 0 Å². The number of hydrogen-bond acceptors (Lipinski definition) is 4. The Labute approximate surface area is 121 Å². The van der Waals surface area contributed by atoms with Crippen LogP contribution in [-0.2, 0) is 10.1 Å². The van der Waals surface area contributed by atoms with Crippen molar-refractivity contribution in [2.24, 2.45) is 0 Å². The van der Waals surface area contributed by atoms with Gasteiger partial charge in [-0.25, -0.2) is 8.42 Å². The van der Waals surface area contributed by atoms with E-state index >= 15 is 0 Å². The maximum atomic E-state index is 10.9. The van der Waals surface area contributed by atoms with Gasteiger partial charge in [-0.15, -0.1) is 0 Å².